The Kier molecular flexibility index (Phi) is 4.61. The van der Waals surface area contributed by atoms with Crippen LogP contribution >= 0.6 is 0 Å². The van der Waals surface area contributed by atoms with Crippen molar-refractivity contribution in [2.45, 2.75) is 37.0 Å². The van der Waals surface area contributed by atoms with Crippen molar-refractivity contribution >= 4 is 6.16 Å². The van der Waals surface area contributed by atoms with Crippen molar-refractivity contribution in [3.05, 3.63) is 0 Å². The average Bonchev–Trinajstić information content (AvgIpc) is 1.91. The molecule has 0 aliphatic carbocycles. The van der Waals surface area contributed by atoms with Crippen molar-refractivity contribution in [2.75, 3.05) is 0 Å². The van der Waals surface area contributed by atoms with Gasteiger partial charge in [-0.15, -0.1) is 0 Å². The zero-order valence-corrected chi connectivity index (χ0v) is 8.58. The lowest BCUT2D eigenvalue weighted by atomic mass is 9.93. The molecule has 0 aromatic heterocycles. The van der Waals surface area contributed by atoms with Gasteiger partial charge in [-0.05, 0) is 0 Å². The Balaban J connectivity index is 5.66. The molecule has 0 atom stereocenters. The number of hydrogen-bond donors (Lipinski definition) is 1. The third kappa shape index (κ3) is 5.87. The maximum absolute atomic E-state index is 12.4. The molecule has 19 heavy (non-hydrogen) atoms. The monoisotopic (exact) mass is 308 g/mol. The van der Waals surface area contributed by atoms with Crippen LogP contribution in [0.3, 0.4) is 0 Å². The lowest BCUT2D eigenvalue weighted by Crippen LogP contribution is -2.54. The second kappa shape index (κ2) is 4.96. The number of alkyl halides is 9. The molecule has 12 heteroatoms. The minimum Gasteiger partial charge on any atom is -0.450 e. The van der Waals surface area contributed by atoms with Crippen LogP contribution in [0, 0.1) is 0 Å². The first-order valence-electron chi connectivity index (χ1n) is 4.20. The Labute approximate surface area is 98.5 Å². The fourth-order valence-corrected chi connectivity index (χ4v) is 1.21. The molecule has 0 spiro atoms. The van der Waals surface area contributed by atoms with E-state index >= 15 is 0 Å². The number of rotatable bonds is 3. The predicted octanol–water partition coefficient (Wildman–Crippen LogP) is 3.89. The number of hydrogen-bond acceptors (Lipinski definition) is 2. The molecular formula is C7H5F9O3. The molecular weight excluding hydrogens is 303 g/mol. The first-order chi connectivity index (χ1) is 8.08. The third-order valence-corrected chi connectivity index (χ3v) is 1.77. The summed E-state index contributed by atoms with van der Waals surface area (Å²) in [5.74, 6) is 0. The molecule has 0 unspecified atom stereocenters. The summed E-state index contributed by atoms with van der Waals surface area (Å²) in [4.78, 5) is 9.98. The fourth-order valence-electron chi connectivity index (χ4n) is 1.21. The molecule has 0 saturated heterocycles. The molecule has 0 aromatic carbocycles. The van der Waals surface area contributed by atoms with E-state index in [2.05, 4.69) is 4.74 Å². The zero-order valence-electron chi connectivity index (χ0n) is 8.58. The summed E-state index contributed by atoms with van der Waals surface area (Å²) in [6.07, 6.45) is -26.8. The molecule has 0 fully saturated rings. The highest BCUT2D eigenvalue weighted by atomic mass is 19.4. The summed E-state index contributed by atoms with van der Waals surface area (Å²) in [7, 11) is 0. The van der Waals surface area contributed by atoms with Gasteiger partial charge in [-0.2, -0.15) is 39.5 Å². The van der Waals surface area contributed by atoms with Gasteiger partial charge in [0.2, 0.25) is 5.60 Å². The van der Waals surface area contributed by atoms with Gasteiger partial charge in [0.05, 0.1) is 12.8 Å². The highest BCUT2D eigenvalue weighted by Gasteiger charge is 2.66. The van der Waals surface area contributed by atoms with Gasteiger partial charge < -0.3 is 9.84 Å². The van der Waals surface area contributed by atoms with Gasteiger partial charge in [0.1, 0.15) is 0 Å². The van der Waals surface area contributed by atoms with E-state index in [4.69, 9.17) is 5.11 Å². The lowest BCUT2D eigenvalue weighted by molar-refractivity contribution is -0.320. The van der Waals surface area contributed by atoms with E-state index in [-0.39, 0.29) is 0 Å². The van der Waals surface area contributed by atoms with Crippen LogP contribution in [0.2, 0.25) is 0 Å². The molecule has 0 aliphatic rings. The Morgan fingerprint density at radius 2 is 1.16 bits per heavy atom. The molecule has 0 aromatic rings. The molecule has 1 N–H and O–H groups in total. The first-order valence-corrected chi connectivity index (χ1v) is 4.20. The Morgan fingerprint density at radius 1 is 0.842 bits per heavy atom. The van der Waals surface area contributed by atoms with Crippen molar-refractivity contribution in [3.63, 3.8) is 0 Å². The van der Waals surface area contributed by atoms with Gasteiger partial charge >= 0.3 is 24.7 Å². The van der Waals surface area contributed by atoms with E-state index in [1.807, 2.05) is 0 Å². The zero-order chi connectivity index (χ0) is 15.7. The molecule has 0 radical (unpaired) electrons. The van der Waals surface area contributed by atoms with E-state index in [0.717, 1.165) is 0 Å². The fraction of sp³-hybridized carbons (Fsp3) is 0.857. The Bertz CT molecular complexity index is 310. The van der Waals surface area contributed by atoms with Gasteiger partial charge in [0, 0.05) is 0 Å². The van der Waals surface area contributed by atoms with Crippen molar-refractivity contribution in [1.82, 2.24) is 0 Å². The van der Waals surface area contributed by atoms with Crippen molar-refractivity contribution < 1.29 is 54.2 Å². The van der Waals surface area contributed by atoms with Crippen LogP contribution < -0.4 is 0 Å². The quantitative estimate of drug-likeness (QED) is 0.635. The second-order valence-corrected chi connectivity index (χ2v) is 3.44. The summed E-state index contributed by atoms with van der Waals surface area (Å²) < 4.78 is 112. The van der Waals surface area contributed by atoms with Crippen LogP contribution in [0.5, 0.6) is 0 Å². The summed E-state index contributed by atoms with van der Waals surface area (Å²) in [5, 5.41) is 7.95. The van der Waals surface area contributed by atoms with Gasteiger partial charge in [0.15, 0.2) is 0 Å². The molecule has 0 bridgehead atoms. The van der Waals surface area contributed by atoms with Crippen LogP contribution in [0.1, 0.15) is 12.8 Å². The summed E-state index contributed by atoms with van der Waals surface area (Å²) in [6, 6.07) is 0. The van der Waals surface area contributed by atoms with Gasteiger partial charge in [0.25, 0.3) is 0 Å². The lowest BCUT2D eigenvalue weighted by Gasteiger charge is -2.35. The number of ether oxygens (including phenoxy) is 1. The topological polar surface area (TPSA) is 46.5 Å². The molecule has 0 amide bonds. The van der Waals surface area contributed by atoms with E-state index in [9.17, 15) is 44.3 Å². The molecule has 114 valence electrons. The highest BCUT2D eigenvalue weighted by molar-refractivity contribution is 5.57. The average molecular weight is 308 g/mol. The molecule has 0 saturated carbocycles. The van der Waals surface area contributed by atoms with Crippen molar-refractivity contribution in [1.29, 1.82) is 0 Å². The normalized spacial score (nSPS) is 14.4. The maximum atomic E-state index is 12.4. The van der Waals surface area contributed by atoms with Crippen LogP contribution in [-0.4, -0.2) is 35.4 Å². The van der Waals surface area contributed by atoms with Crippen LogP contribution in [0.15, 0.2) is 0 Å². The molecule has 0 aliphatic heterocycles. The molecule has 0 rings (SSSR count). The third-order valence-electron chi connectivity index (χ3n) is 1.77. The van der Waals surface area contributed by atoms with Crippen molar-refractivity contribution in [2.24, 2.45) is 0 Å². The van der Waals surface area contributed by atoms with E-state index in [0.29, 0.717) is 0 Å². The van der Waals surface area contributed by atoms with E-state index in [1.165, 1.54) is 0 Å². The SMILES string of the molecule is O=C(O)OC(CC(F)(F)F)(CC(F)(F)F)C(F)(F)F. The van der Waals surface area contributed by atoms with Gasteiger partial charge in [-0.1, -0.05) is 0 Å². The van der Waals surface area contributed by atoms with E-state index < -0.39 is 43.1 Å². The predicted molar refractivity (Wildman–Crippen MR) is 39.2 cm³/mol. The maximum Gasteiger partial charge on any atom is 0.506 e. The molecule has 0 heterocycles. The summed E-state index contributed by atoms with van der Waals surface area (Å²) in [5.41, 5.74) is -4.92. The number of halogens is 9. The minimum atomic E-state index is -6.18. The Morgan fingerprint density at radius 3 is 1.32 bits per heavy atom. The van der Waals surface area contributed by atoms with E-state index in [1.54, 1.807) is 0 Å². The first kappa shape index (κ1) is 17.6. The largest absolute Gasteiger partial charge is 0.506 e. The van der Waals surface area contributed by atoms with Gasteiger partial charge in [-0.25, -0.2) is 4.79 Å². The van der Waals surface area contributed by atoms with Crippen LogP contribution in [0.4, 0.5) is 44.3 Å². The van der Waals surface area contributed by atoms with Gasteiger partial charge in [-0.3, -0.25) is 0 Å². The summed E-state index contributed by atoms with van der Waals surface area (Å²) in [6.45, 7) is 0. The number of carbonyl (C=O) groups is 1. The highest BCUT2D eigenvalue weighted by Crippen LogP contribution is 2.47. The van der Waals surface area contributed by atoms with Crippen molar-refractivity contribution in [3.8, 4) is 0 Å². The van der Waals surface area contributed by atoms with Crippen LogP contribution in [-0.2, 0) is 4.74 Å². The van der Waals surface area contributed by atoms with Crippen LogP contribution in [0.25, 0.3) is 0 Å². The summed E-state index contributed by atoms with van der Waals surface area (Å²) >= 11 is 0. The Hall–Kier alpha value is -1.36. The smallest absolute Gasteiger partial charge is 0.450 e. The standard InChI is InChI=1S/C7H5F9O3/c8-5(9,10)1-4(7(14,15)16,19-3(17)18)2-6(11,12)13/h1-2H2,(H,17,18). The minimum absolute atomic E-state index is 2.90. The number of carboxylic acid groups (broad SMARTS) is 1. The molecule has 3 nitrogen and oxygen atoms in total. The second-order valence-electron chi connectivity index (χ2n) is 3.44.